The molecule has 4 nitrogen and oxygen atoms in total. The van der Waals surface area contributed by atoms with Crippen LogP contribution >= 0.6 is 0 Å². The average Bonchev–Trinajstić information content (AvgIpc) is 2.46. The Bertz CT molecular complexity index is 471. The zero-order chi connectivity index (χ0) is 15.6. The van der Waals surface area contributed by atoms with Crippen LogP contribution in [0.3, 0.4) is 0 Å². The highest BCUT2D eigenvalue weighted by molar-refractivity contribution is 5.43. The van der Waals surface area contributed by atoms with Gasteiger partial charge in [0.25, 0.3) is 0 Å². The zero-order valence-electron chi connectivity index (χ0n) is 13.6. The third kappa shape index (κ3) is 3.39. The fourth-order valence-electron chi connectivity index (χ4n) is 3.33. The lowest BCUT2D eigenvalue weighted by molar-refractivity contribution is 0.0304. The Morgan fingerprint density at radius 3 is 2.19 bits per heavy atom. The smallest absolute Gasteiger partial charge is 0.121 e. The molecule has 2 rings (SSSR count). The van der Waals surface area contributed by atoms with Crippen molar-refractivity contribution in [2.24, 2.45) is 5.41 Å². The van der Waals surface area contributed by atoms with E-state index in [1.54, 1.807) is 0 Å². The van der Waals surface area contributed by atoms with E-state index < -0.39 is 0 Å². The summed E-state index contributed by atoms with van der Waals surface area (Å²) in [5.74, 6) is 0.375. The quantitative estimate of drug-likeness (QED) is 0.794. The van der Waals surface area contributed by atoms with Gasteiger partial charge in [0, 0.05) is 44.2 Å². The molecule has 4 heteroatoms. The van der Waals surface area contributed by atoms with Crippen molar-refractivity contribution in [3.63, 3.8) is 0 Å². The van der Waals surface area contributed by atoms with Gasteiger partial charge in [0.2, 0.25) is 0 Å². The highest BCUT2D eigenvalue weighted by Gasteiger charge is 2.36. The van der Waals surface area contributed by atoms with Crippen LogP contribution in [-0.4, -0.2) is 47.9 Å². The fourth-order valence-corrected chi connectivity index (χ4v) is 3.33. The Labute approximate surface area is 127 Å². The van der Waals surface area contributed by atoms with Crippen LogP contribution < -0.4 is 5.32 Å². The number of aliphatic hydroxyl groups excluding tert-OH is 1. The Morgan fingerprint density at radius 1 is 1.19 bits per heavy atom. The monoisotopic (exact) mass is 292 g/mol. The number of phenols is 1. The summed E-state index contributed by atoms with van der Waals surface area (Å²) in [4.78, 5) is 2.44. The fraction of sp³-hybridized carbons (Fsp3) is 0.647. The normalized spacial score (nSPS) is 18.7. The maximum Gasteiger partial charge on any atom is 0.121 e. The van der Waals surface area contributed by atoms with Crippen LogP contribution in [0.5, 0.6) is 5.75 Å². The summed E-state index contributed by atoms with van der Waals surface area (Å²) in [6.07, 6.45) is 0. The number of rotatable bonds is 4. The molecule has 21 heavy (non-hydrogen) atoms. The first kappa shape index (κ1) is 16.3. The number of piperazine rings is 1. The first-order valence-corrected chi connectivity index (χ1v) is 7.72. The third-order valence-corrected chi connectivity index (χ3v) is 4.49. The van der Waals surface area contributed by atoms with Gasteiger partial charge in [-0.15, -0.1) is 0 Å². The lowest BCUT2D eigenvalue weighted by Gasteiger charge is -2.43. The predicted molar refractivity (Wildman–Crippen MR) is 85.6 cm³/mol. The van der Waals surface area contributed by atoms with Gasteiger partial charge in [-0.1, -0.05) is 26.0 Å². The molecule has 0 aromatic heterocycles. The van der Waals surface area contributed by atoms with Crippen molar-refractivity contribution >= 4 is 0 Å². The van der Waals surface area contributed by atoms with Gasteiger partial charge >= 0.3 is 0 Å². The topological polar surface area (TPSA) is 55.7 Å². The standard InChI is InChI=1S/C17H28N2O2/c1-12-9-14(10-13(2)15(12)21)16(17(3,4)11-20)19-7-5-18-6-8-19/h9-10,16,18,20-21H,5-8,11H2,1-4H3/t16-/m0/s1. The van der Waals surface area contributed by atoms with Crippen molar-refractivity contribution in [1.29, 1.82) is 0 Å². The van der Waals surface area contributed by atoms with Gasteiger partial charge in [0.05, 0.1) is 0 Å². The molecule has 0 unspecified atom stereocenters. The Balaban J connectivity index is 2.44. The predicted octanol–water partition coefficient (Wildman–Crippen LogP) is 1.97. The van der Waals surface area contributed by atoms with E-state index in [0.29, 0.717) is 5.75 Å². The Hall–Kier alpha value is -1.10. The average molecular weight is 292 g/mol. The third-order valence-electron chi connectivity index (χ3n) is 4.49. The van der Waals surface area contributed by atoms with Crippen molar-refractivity contribution < 1.29 is 10.2 Å². The van der Waals surface area contributed by atoms with E-state index in [4.69, 9.17) is 0 Å². The Kier molecular flexibility index (Phi) is 4.91. The van der Waals surface area contributed by atoms with Crippen LogP contribution in [0.2, 0.25) is 0 Å². The van der Waals surface area contributed by atoms with Crippen LogP contribution in [0, 0.1) is 19.3 Å². The maximum absolute atomic E-state index is 10.0. The molecule has 1 saturated heterocycles. The second-order valence-electron chi connectivity index (χ2n) is 6.84. The zero-order valence-corrected chi connectivity index (χ0v) is 13.6. The SMILES string of the molecule is Cc1cc([C@H](N2CCNCC2)C(C)(C)CO)cc(C)c1O. The molecule has 1 atom stereocenters. The first-order valence-electron chi connectivity index (χ1n) is 7.72. The van der Waals surface area contributed by atoms with Crippen LogP contribution in [0.25, 0.3) is 0 Å². The number of aromatic hydroxyl groups is 1. The van der Waals surface area contributed by atoms with Gasteiger partial charge in [0.1, 0.15) is 5.75 Å². The summed E-state index contributed by atoms with van der Waals surface area (Å²) in [5.41, 5.74) is 2.76. The highest BCUT2D eigenvalue weighted by atomic mass is 16.3. The van der Waals surface area contributed by atoms with Crippen LogP contribution in [-0.2, 0) is 0 Å². The van der Waals surface area contributed by atoms with Crippen molar-refractivity contribution in [3.8, 4) is 5.75 Å². The van der Waals surface area contributed by atoms with E-state index in [2.05, 4.69) is 36.2 Å². The number of hydrogen-bond donors (Lipinski definition) is 3. The summed E-state index contributed by atoms with van der Waals surface area (Å²) in [6.45, 7) is 12.1. The molecule has 0 amide bonds. The second kappa shape index (κ2) is 6.34. The van der Waals surface area contributed by atoms with E-state index in [1.807, 2.05) is 13.8 Å². The molecule has 0 spiro atoms. The minimum atomic E-state index is -0.229. The number of nitrogens with zero attached hydrogens (tertiary/aromatic N) is 1. The number of aliphatic hydroxyl groups is 1. The lowest BCUT2D eigenvalue weighted by Crippen LogP contribution is -2.49. The van der Waals surface area contributed by atoms with Crippen LogP contribution in [0.4, 0.5) is 0 Å². The minimum absolute atomic E-state index is 0.139. The number of benzene rings is 1. The maximum atomic E-state index is 10.0. The number of phenolic OH excluding ortho intramolecular Hbond substituents is 1. The van der Waals surface area contributed by atoms with Gasteiger partial charge in [-0.25, -0.2) is 0 Å². The number of hydrogen-bond acceptors (Lipinski definition) is 4. The number of aryl methyl sites for hydroxylation is 2. The molecule has 3 N–H and O–H groups in total. The van der Waals surface area contributed by atoms with Gasteiger partial charge < -0.3 is 15.5 Å². The van der Waals surface area contributed by atoms with E-state index >= 15 is 0 Å². The summed E-state index contributed by atoms with van der Waals surface area (Å²) >= 11 is 0. The van der Waals surface area contributed by atoms with Crippen molar-refractivity contribution in [3.05, 3.63) is 28.8 Å². The van der Waals surface area contributed by atoms with E-state index in [1.165, 1.54) is 5.56 Å². The molecule has 1 aliphatic heterocycles. The molecular weight excluding hydrogens is 264 g/mol. The molecule has 1 aliphatic rings. The lowest BCUT2D eigenvalue weighted by atomic mass is 9.79. The van der Waals surface area contributed by atoms with Crippen molar-refractivity contribution in [2.75, 3.05) is 32.8 Å². The highest BCUT2D eigenvalue weighted by Crippen LogP contribution is 2.40. The molecule has 0 bridgehead atoms. The van der Waals surface area contributed by atoms with Gasteiger partial charge in [-0.3, -0.25) is 4.90 Å². The minimum Gasteiger partial charge on any atom is -0.507 e. The molecule has 118 valence electrons. The molecule has 0 saturated carbocycles. The largest absolute Gasteiger partial charge is 0.507 e. The van der Waals surface area contributed by atoms with E-state index in [0.717, 1.165) is 37.3 Å². The van der Waals surface area contributed by atoms with Gasteiger partial charge in [0.15, 0.2) is 0 Å². The van der Waals surface area contributed by atoms with Crippen molar-refractivity contribution in [1.82, 2.24) is 10.2 Å². The molecular formula is C17H28N2O2. The summed E-state index contributed by atoms with van der Waals surface area (Å²) in [5, 5.41) is 23.2. The Morgan fingerprint density at radius 2 is 1.71 bits per heavy atom. The van der Waals surface area contributed by atoms with Crippen LogP contribution in [0.15, 0.2) is 12.1 Å². The van der Waals surface area contributed by atoms with Gasteiger partial charge in [-0.05, 0) is 30.5 Å². The summed E-state index contributed by atoms with van der Waals surface area (Å²) < 4.78 is 0. The molecule has 1 fully saturated rings. The molecule has 0 radical (unpaired) electrons. The van der Waals surface area contributed by atoms with Crippen LogP contribution in [0.1, 0.15) is 36.6 Å². The second-order valence-corrected chi connectivity index (χ2v) is 6.84. The van der Waals surface area contributed by atoms with E-state index in [9.17, 15) is 10.2 Å². The first-order chi connectivity index (χ1) is 9.86. The molecule has 1 aromatic carbocycles. The van der Waals surface area contributed by atoms with E-state index in [-0.39, 0.29) is 18.1 Å². The molecule has 0 aliphatic carbocycles. The summed E-state index contributed by atoms with van der Waals surface area (Å²) in [6, 6.07) is 4.28. The van der Waals surface area contributed by atoms with Crippen molar-refractivity contribution in [2.45, 2.75) is 33.7 Å². The summed E-state index contributed by atoms with van der Waals surface area (Å²) in [7, 11) is 0. The van der Waals surface area contributed by atoms with Gasteiger partial charge in [-0.2, -0.15) is 0 Å². The molecule has 1 aromatic rings. The molecule has 1 heterocycles. The number of nitrogens with one attached hydrogen (secondary N) is 1.